The van der Waals surface area contributed by atoms with Crippen LogP contribution in [0.25, 0.3) is 0 Å². The number of benzene rings is 1. The molecule has 0 aromatic heterocycles. The van der Waals surface area contributed by atoms with E-state index >= 15 is 0 Å². The van der Waals surface area contributed by atoms with Crippen LogP contribution in [0.1, 0.15) is 12.0 Å². The molecule has 3 heteroatoms. The van der Waals surface area contributed by atoms with Crippen molar-refractivity contribution in [2.45, 2.75) is 12.8 Å². The summed E-state index contributed by atoms with van der Waals surface area (Å²) in [5.74, 6) is 2.86. The van der Waals surface area contributed by atoms with E-state index in [1.807, 2.05) is 12.1 Å². The number of carbonyl (C=O) groups is 1. The number of nitrogens with zero attached hydrogens (tertiary/aromatic N) is 2. The molecule has 0 spiro atoms. The van der Waals surface area contributed by atoms with Crippen LogP contribution in [0.15, 0.2) is 24.3 Å². The first-order chi connectivity index (χ1) is 9.10. The average Bonchev–Trinajstić information content (AvgIpc) is 2.78. The van der Waals surface area contributed by atoms with Gasteiger partial charge >= 0.3 is 0 Å². The summed E-state index contributed by atoms with van der Waals surface area (Å²) in [5, 5.41) is 0. The van der Waals surface area contributed by atoms with E-state index in [1.54, 1.807) is 4.90 Å². The standard InChI is InChI=1S/C16H20N2O/c1-4-13-11-16(19)18(12-13)15-7-5-14(6-8-15)9-10-17(2)3/h1,5-8,13H,9-12H2,2-3H3. The molecule has 1 saturated heterocycles. The van der Waals surface area contributed by atoms with Gasteiger partial charge in [-0.15, -0.1) is 12.3 Å². The average molecular weight is 256 g/mol. The lowest BCUT2D eigenvalue weighted by atomic mass is 10.1. The molecule has 1 aliphatic rings. The topological polar surface area (TPSA) is 23.6 Å². The highest BCUT2D eigenvalue weighted by molar-refractivity contribution is 5.96. The lowest BCUT2D eigenvalue weighted by Crippen LogP contribution is -2.24. The van der Waals surface area contributed by atoms with Crippen molar-refractivity contribution >= 4 is 11.6 Å². The maximum Gasteiger partial charge on any atom is 0.228 e. The smallest absolute Gasteiger partial charge is 0.228 e. The van der Waals surface area contributed by atoms with Gasteiger partial charge in [-0.25, -0.2) is 0 Å². The van der Waals surface area contributed by atoms with Crippen LogP contribution < -0.4 is 4.90 Å². The van der Waals surface area contributed by atoms with Crippen molar-refractivity contribution in [2.75, 3.05) is 32.1 Å². The van der Waals surface area contributed by atoms with Gasteiger partial charge < -0.3 is 9.80 Å². The van der Waals surface area contributed by atoms with Gasteiger partial charge in [-0.3, -0.25) is 4.79 Å². The Hall–Kier alpha value is -1.79. The lowest BCUT2D eigenvalue weighted by Gasteiger charge is -2.16. The monoisotopic (exact) mass is 256 g/mol. The molecule has 2 rings (SSSR count). The van der Waals surface area contributed by atoms with E-state index in [0.29, 0.717) is 13.0 Å². The number of terminal acetylenes is 1. The van der Waals surface area contributed by atoms with Gasteiger partial charge in [-0.2, -0.15) is 0 Å². The second-order valence-electron chi connectivity index (χ2n) is 5.29. The molecule has 1 aromatic carbocycles. The Kier molecular flexibility index (Phi) is 4.24. The molecule has 100 valence electrons. The third kappa shape index (κ3) is 3.36. The van der Waals surface area contributed by atoms with E-state index in [-0.39, 0.29) is 11.8 Å². The molecule has 1 fully saturated rings. The number of carbonyl (C=O) groups excluding carboxylic acids is 1. The Labute approximate surface area is 115 Å². The van der Waals surface area contributed by atoms with Gasteiger partial charge in [0.1, 0.15) is 0 Å². The molecule has 3 nitrogen and oxygen atoms in total. The van der Waals surface area contributed by atoms with Crippen molar-refractivity contribution in [3.63, 3.8) is 0 Å². The maximum atomic E-state index is 11.9. The summed E-state index contributed by atoms with van der Waals surface area (Å²) in [5.41, 5.74) is 2.24. The first kappa shape index (κ1) is 13.6. The molecule has 1 heterocycles. The molecule has 1 atom stereocenters. The predicted octanol–water partition coefficient (Wildman–Crippen LogP) is 1.78. The van der Waals surface area contributed by atoms with Gasteiger partial charge in [-0.1, -0.05) is 12.1 Å². The number of amides is 1. The van der Waals surface area contributed by atoms with Gasteiger partial charge in [0.25, 0.3) is 0 Å². The Morgan fingerprint density at radius 1 is 1.37 bits per heavy atom. The van der Waals surface area contributed by atoms with Crippen LogP contribution >= 0.6 is 0 Å². The van der Waals surface area contributed by atoms with Crippen LogP contribution in [-0.4, -0.2) is 38.0 Å². The van der Waals surface area contributed by atoms with Crippen LogP contribution in [-0.2, 0) is 11.2 Å². The Bertz CT molecular complexity index is 484. The molecule has 0 radical (unpaired) electrons. The summed E-state index contributed by atoms with van der Waals surface area (Å²) < 4.78 is 0. The number of rotatable bonds is 4. The predicted molar refractivity (Wildman–Crippen MR) is 78.0 cm³/mol. The second-order valence-corrected chi connectivity index (χ2v) is 5.29. The van der Waals surface area contributed by atoms with Gasteiger partial charge in [-0.05, 0) is 38.2 Å². The highest BCUT2D eigenvalue weighted by Crippen LogP contribution is 2.24. The van der Waals surface area contributed by atoms with E-state index < -0.39 is 0 Å². The molecule has 19 heavy (non-hydrogen) atoms. The third-order valence-electron chi connectivity index (χ3n) is 3.46. The van der Waals surface area contributed by atoms with E-state index in [4.69, 9.17) is 6.42 Å². The van der Waals surface area contributed by atoms with Crippen molar-refractivity contribution < 1.29 is 4.79 Å². The van der Waals surface area contributed by atoms with Crippen LogP contribution in [0.2, 0.25) is 0 Å². The quantitative estimate of drug-likeness (QED) is 0.767. The first-order valence-corrected chi connectivity index (χ1v) is 6.60. The summed E-state index contributed by atoms with van der Waals surface area (Å²) in [6.07, 6.45) is 6.89. The van der Waals surface area contributed by atoms with Crippen molar-refractivity contribution in [2.24, 2.45) is 5.92 Å². The summed E-state index contributed by atoms with van der Waals surface area (Å²) in [4.78, 5) is 15.8. The van der Waals surface area contributed by atoms with E-state index in [1.165, 1.54) is 5.56 Å². The largest absolute Gasteiger partial charge is 0.311 e. The van der Waals surface area contributed by atoms with E-state index in [9.17, 15) is 4.79 Å². The molecule has 1 aromatic rings. The summed E-state index contributed by atoms with van der Waals surface area (Å²) in [6, 6.07) is 8.22. The minimum Gasteiger partial charge on any atom is -0.311 e. The number of hydrogen-bond donors (Lipinski definition) is 0. The molecule has 1 aliphatic heterocycles. The normalized spacial score (nSPS) is 18.9. The molecule has 1 unspecified atom stereocenters. The van der Waals surface area contributed by atoms with Crippen molar-refractivity contribution in [1.82, 2.24) is 4.90 Å². The summed E-state index contributed by atoms with van der Waals surface area (Å²) >= 11 is 0. The molecule has 0 N–H and O–H groups in total. The zero-order chi connectivity index (χ0) is 13.8. The lowest BCUT2D eigenvalue weighted by molar-refractivity contribution is -0.117. The Morgan fingerprint density at radius 2 is 2.05 bits per heavy atom. The first-order valence-electron chi connectivity index (χ1n) is 6.60. The van der Waals surface area contributed by atoms with Crippen LogP contribution in [0.3, 0.4) is 0 Å². The zero-order valence-electron chi connectivity index (χ0n) is 11.6. The molecule has 0 bridgehead atoms. The van der Waals surface area contributed by atoms with Gasteiger partial charge in [0.05, 0.1) is 0 Å². The highest BCUT2D eigenvalue weighted by atomic mass is 16.2. The fourth-order valence-corrected chi connectivity index (χ4v) is 2.26. The third-order valence-corrected chi connectivity index (χ3v) is 3.46. The van der Waals surface area contributed by atoms with E-state index in [2.05, 4.69) is 37.0 Å². The van der Waals surface area contributed by atoms with Gasteiger partial charge in [0.2, 0.25) is 5.91 Å². The minimum atomic E-state index is 0.0564. The van der Waals surface area contributed by atoms with Crippen molar-refractivity contribution in [3.8, 4) is 12.3 Å². The zero-order valence-corrected chi connectivity index (χ0v) is 11.6. The SMILES string of the molecule is C#CC1CC(=O)N(c2ccc(CCN(C)C)cc2)C1. The fraction of sp³-hybridized carbons (Fsp3) is 0.438. The fourth-order valence-electron chi connectivity index (χ4n) is 2.26. The van der Waals surface area contributed by atoms with Crippen LogP contribution in [0.4, 0.5) is 5.69 Å². The summed E-state index contributed by atoms with van der Waals surface area (Å²) in [6.45, 7) is 1.67. The van der Waals surface area contributed by atoms with Crippen LogP contribution in [0.5, 0.6) is 0 Å². The maximum absolute atomic E-state index is 11.9. The van der Waals surface area contributed by atoms with Crippen molar-refractivity contribution in [3.05, 3.63) is 29.8 Å². The van der Waals surface area contributed by atoms with Crippen LogP contribution in [0, 0.1) is 18.3 Å². The second kappa shape index (κ2) is 5.90. The number of likely N-dealkylation sites (N-methyl/N-ethyl adjacent to an activating group) is 1. The molecule has 0 saturated carbocycles. The molecule has 1 amide bonds. The highest BCUT2D eigenvalue weighted by Gasteiger charge is 2.29. The number of hydrogen-bond acceptors (Lipinski definition) is 2. The van der Waals surface area contributed by atoms with Gasteiger partial charge in [0, 0.05) is 31.1 Å². The Morgan fingerprint density at radius 3 is 2.58 bits per heavy atom. The summed E-state index contributed by atoms with van der Waals surface area (Å²) in [7, 11) is 4.13. The van der Waals surface area contributed by atoms with Gasteiger partial charge in [0.15, 0.2) is 0 Å². The Balaban J connectivity index is 2.03. The molecule has 0 aliphatic carbocycles. The minimum absolute atomic E-state index is 0.0564. The van der Waals surface area contributed by atoms with Crippen molar-refractivity contribution in [1.29, 1.82) is 0 Å². The van der Waals surface area contributed by atoms with E-state index in [0.717, 1.165) is 18.7 Å². The molecular formula is C16H20N2O. The molecular weight excluding hydrogens is 236 g/mol. The number of anilines is 1.